The molecule has 0 spiro atoms. The van der Waals surface area contributed by atoms with E-state index in [1.807, 2.05) is 0 Å². The van der Waals surface area contributed by atoms with Gasteiger partial charge in [-0.15, -0.1) is 0 Å². The van der Waals surface area contributed by atoms with E-state index in [1.54, 1.807) is 4.68 Å². The summed E-state index contributed by atoms with van der Waals surface area (Å²) < 4.78 is 24.2. The van der Waals surface area contributed by atoms with Crippen LogP contribution in [-0.4, -0.2) is 26.6 Å². The van der Waals surface area contributed by atoms with Gasteiger partial charge in [0, 0.05) is 11.1 Å². The Morgan fingerprint density at radius 2 is 2.20 bits per heavy atom. The van der Waals surface area contributed by atoms with Crippen molar-refractivity contribution in [1.82, 2.24) is 9.78 Å². The van der Waals surface area contributed by atoms with Gasteiger partial charge >= 0.3 is 0 Å². The van der Waals surface area contributed by atoms with E-state index in [0.29, 0.717) is 29.8 Å². The fourth-order valence-electron chi connectivity index (χ4n) is 4.96. The number of aryl methyl sites for hydroxylation is 2. The minimum Gasteiger partial charge on any atom is -0.845 e. The minimum absolute atomic E-state index is 0.0446. The Hall–Kier alpha value is -2.35. The number of aromatic nitrogens is 2. The summed E-state index contributed by atoms with van der Waals surface area (Å²) in [6, 6.07) is 1.75. The van der Waals surface area contributed by atoms with Crippen molar-refractivity contribution in [2.45, 2.75) is 70.2 Å². The Morgan fingerprint density at radius 1 is 1.37 bits per heavy atom. The van der Waals surface area contributed by atoms with Crippen LogP contribution < -0.4 is 15.2 Å². The maximum absolute atomic E-state index is 12.8. The molecule has 2 atom stereocenters. The average Bonchev–Trinajstić information content (AvgIpc) is 3.39. The summed E-state index contributed by atoms with van der Waals surface area (Å²) in [5, 5.41) is 20.0. The number of hydrogen-bond donors (Lipinski definition) is 1. The molecule has 5 rings (SSSR count). The molecule has 0 fully saturated rings. The fraction of sp³-hybridized carbons (Fsp3) is 0.545. The third-order valence-corrected chi connectivity index (χ3v) is 7.38. The predicted octanol–water partition coefficient (Wildman–Crippen LogP) is 2.69. The summed E-state index contributed by atoms with van der Waals surface area (Å²) >= 11 is 0. The molecule has 0 amide bonds. The van der Waals surface area contributed by atoms with Gasteiger partial charge in [0.15, 0.2) is 11.0 Å². The number of fused-ring (bicyclic) bond motifs is 3. The quantitative estimate of drug-likeness (QED) is 0.601. The van der Waals surface area contributed by atoms with E-state index in [9.17, 15) is 9.32 Å². The van der Waals surface area contributed by atoms with Gasteiger partial charge in [0.2, 0.25) is 5.88 Å². The maximum atomic E-state index is 12.8. The second-order valence-electron chi connectivity index (χ2n) is 9.45. The number of ether oxygens (including phenoxy) is 1. The van der Waals surface area contributed by atoms with Crippen LogP contribution in [0.5, 0.6) is 5.88 Å². The van der Waals surface area contributed by atoms with Crippen LogP contribution >= 0.6 is 0 Å². The topological polar surface area (TPSA) is 91.6 Å². The molecule has 160 valence electrons. The Balaban J connectivity index is 1.43. The SMILES string of the molecule is C[C@H]1CCc2cc3c(c(NC([O-])=N[S@@](=O)c4cnn5c4OCC(C)(C)C5)c21)CCC3. The maximum Gasteiger partial charge on any atom is 0.230 e. The van der Waals surface area contributed by atoms with Crippen molar-refractivity contribution in [3.8, 4) is 5.88 Å². The molecule has 1 aromatic carbocycles. The summed E-state index contributed by atoms with van der Waals surface area (Å²) in [4.78, 5) is 0.345. The van der Waals surface area contributed by atoms with E-state index in [4.69, 9.17) is 4.74 Å². The third kappa shape index (κ3) is 3.31. The molecule has 1 aliphatic heterocycles. The zero-order valence-electron chi connectivity index (χ0n) is 17.7. The molecular formula is C22H27N4O3S-. The summed E-state index contributed by atoms with van der Waals surface area (Å²) in [7, 11) is -1.87. The molecule has 0 saturated heterocycles. The highest BCUT2D eigenvalue weighted by Crippen LogP contribution is 2.43. The first kappa shape index (κ1) is 19.6. The molecular weight excluding hydrogens is 400 g/mol. The lowest BCUT2D eigenvalue weighted by atomic mass is 9.94. The van der Waals surface area contributed by atoms with Crippen LogP contribution in [0.15, 0.2) is 21.6 Å². The zero-order chi connectivity index (χ0) is 21.0. The number of amidine groups is 1. The highest BCUT2D eigenvalue weighted by atomic mass is 32.2. The molecule has 0 unspecified atom stereocenters. The van der Waals surface area contributed by atoms with Gasteiger partial charge in [0.1, 0.15) is 4.90 Å². The summed E-state index contributed by atoms with van der Waals surface area (Å²) in [6.07, 6.45) is 6.76. The average molecular weight is 428 g/mol. The number of rotatable bonds is 3. The van der Waals surface area contributed by atoms with Crippen molar-refractivity contribution in [2.75, 3.05) is 11.9 Å². The first-order chi connectivity index (χ1) is 14.3. The lowest BCUT2D eigenvalue weighted by Crippen LogP contribution is -2.33. The molecule has 0 saturated carbocycles. The monoisotopic (exact) mass is 427 g/mol. The van der Waals surface area contributed by atoms with Gasteiger partial charge < -0.3 is 15.2 Å². The molecule has 7 nitrogen and oxygen atoms in total. The summed E-state index contributed by atoms with van der Waals surface area (Å²) in [5.74, 6) is 0.852. The second-order valence-corrected chi connectivity index (χ2v) is 10.6. The molecule has 2 aromatic rings. The first-order valence-corrected chi connectivity index (χ1v) is 11.7. The van der Waals surface area contributed by atoms with Crippen LogP contribution in [0.1, 0.15) is 61.8 Å². The fourth-order valence-corrected chi connectivity index (χ4v) is 5.70. The van der Waals surface area contributed by atoms with Crippen molar-refractivity contribution in [3.63, 3.8) is 0 Å². The lowest BCUT2D eigenvalue weighted by Gasteiger charge is -2.30. The highest BCUT2D eigenvalue weighted by molar-refractivity contribution is 7.84. The Labute approximate surface area is 179 Å². The standard InChI is InChI=1S/C22H28N4O3S/c1-13-7-8-15-9-14-5-4-6-16(14)19(18(13)15)24-21(27)25-30(28)17-10-23-26-11-22(2,3)12-29-20(17)26/h9-10,13H,4-8,11-12H2,1-3H3,(H2,24,25,27)/p-1/t13-,30-/m0/s1. The molecule has 8 heteroatoms. The van der Waals surface area contributed by atoms with Gasteiger partial charge in [-0.2, -0.15) is 9.50 Å². The molecule has 2 aliphatic carbocycles. The van der Waals surface area contributed by atoms with Gasteiger partial charge in [-0.1, -0.05) is 26.8 Å². The van der Waals surface area contributed by atoms with Crippen molar-refractivity contribution < 1.29 is 14.1 Å². The van der Waals surface area contributed by atoms with Crippen LogP contribution in [0.2, 0.25) is 0 Å². The predicted molar refractivity (Wildman–Crippen MR) is 114 cm³/mol. The van der Waals surface area contributed by atoms with Crippen LogP contribution in [-0.2, 0) is 36.8 Å². The molecule has 1 aromatic heterocycles. The summed E-state index contributed by atoms with van der Waals surface area (Å²) in [5.41, 5.74) is 5.99. The summed E-state index contributed by atoms with van der Waals surface area (Å²) in [6.45, 7) is 7.56. The largest absolute Gasteiger partial charge is 0.845 e. The normalized spacial score (nSPS) is 22.8. The van der Waals surface area contributed by atoms with E-state index in [0.717, 1.165) is 37.8 Å². The van der Waals surface area contributed by atoms with Gasteiger partial charge in [-0.25, -0.2) is 8.89 Å². The molecule has 1 N–H and O–H groups in total. The smallest absolute Gasteiger partial charge is 0.230 e. The lowest BCUT2D eigenvalue weighted by molar-refractivity contribution is -0.213. The second kappa shape index (κ2) is 7.11. The minimum atomic E-state index is -1.87. The van der Waals surface area contributed by atoms with Gasteiger partial charge in [-0.3, -0.25) is 0 Å². The molecule has 0 radical (unpaired) electrons. The number of anilines is 1. The van der Waals surface area contributed by atoms with Crippen molar-refractivity contribution >= 4 is 22.7 Å². The van der Waals surface area contributed by atoms with E-state index < -0.39 is 17.0 Å². The van der Waals surface area contributed by atoms with Crippen molar-refractivity contribution in [3.05, 3.63) is 34.5 Å². The van der Waals surface area contributed by atoms with Gasteiger partial charge in [0.25, 0.3) is 0 Å². The Kier molecular flexibility index (Phi) is 4.65. The van der Waals surface area contributed by atoms with Gasteiger partial charge in [-0.05, 0) is 60.3 Å². The van der Waals surface area contributed by atoms with Crippen molar-refractivity contribution in [2.24, 2.45) is 9.81 Å². The van der Waals surface area contributed by atoms with E-state index in [1.165, 1.54) is 28.5 Å². The van der Waals surface area contributed by atoms with Crippen LogP contribution in [0.3, 0.4) is 0 Å². The van der Waals surface area contributed by atoms with Crippen molar-refractivity contribution in [1.29, 1.82) is 0 Å². The van der Waals surface area contributed by atoms with Crippen LogP contribution in [0, 0.1) is 5.41 Å². The van der Waals surface area contributed by atoms with Crippen LogP contribution in [0.25, 0.3) is 0 Å². The first-order valence-electron chi connectivity index (χ1n) is 10.6. The molecule has 30 heavy (non-hydrogen) atoms. The molecule has 0 bridgehead atoms. The number of hydrogen-bond acceptors (Lipinski definition) is 4. The highest BCUT2D eigenvalue weighted by Gasteiger charge is 2.31. The zero-order valence-corrected chi connectivity index (χ0v) is 18.5. The Morgan fingerprint density at radius 3 is 3.03 bits per heavy atom. The van der Waals surface area contributed by atoms with Crippen LogP contribution in [0.4, 0.5) is 5.69 Å². The molecule has 2 heterocycles. The van der Waals surface area contributed by atoms with Gasteiger partial charge in [0.05, 0.1) is 25.4 Å². The van der Waals surface area contributed by atoms with E-state index in [-0.39, 0.29) is 5.41 Å². The third-order valence-electron chi connectivity index (χ3n) is 6.39. The van der Waals surface area contributed by atoms with E-state index >= 15 is 0 Å². The number of nitrogens with one attached hydrogen (secondary N) is 1. The van der Waals surface area contributed by atoms with E-state index in [2.05, 4.69) is 41.7 Å². The number of nitrogens with zero attached hydrogens (tertiary/aromatic N) is 3. The molecule has 3 aliphatic rings. The number of benzene rings is 1. The Bertz CT molecular complexity index is 1070.